The van der Waals surface area contributed by atoms with Gasteiger partial charge in [-0.25, -0.2) is 0 Å². The van der Waals surface area contributed by atoms with E-state index in [-0.39, 0.29) is 5.60 Å². The molecule has 0 aliphatic rings. The van der Waals surface area contributed by atoms with Crippen molar-refractivity contribution >= 4 is 0 Å². The SMILES string of the molecule is COCc1cccc(CNC(C)CC(C)(C)OC)c1. The molecule has 0 aromatic heterocycles. The Morgan fingerprint density at radius 2 is 1.89 bits per heavy atom. The molecule has 1 atom stereocenters. The first-order valence-corrected chi connectivity index (χ1v) is 6.82. The predicted octanol–water partition coefficient (Wildman–Crippen LogP) is 3.13. The van der Waals surface area contributed by atoms with Crippen molar-refractivity contribution in [3.63, 3.8) is 0 Å². The van der Waals surface area contributed by atoms with Crippen LogP contribution in [-0.4, -0.2) is 25.9 Å². The van der Waals surface area contributed by atoms with E-state index in [4.69, 9.17) is 9.47 Å². The minimum atomic E-state index is -0.0791. The number of methoxy groups -OCH3 is 2. The second kappa shape index (κ2) is 7.63. The molecule has 1 unspecified atom stereocenters. The summed E-state index contributed by atoms with van der Waals surface area (Å²) in [7, 11) is 3.49. The summed E-state index contributed by atoms with van der Waals surface area (Å²) in [6, 6.07) is 8.91. The minimum Gasteiger partial charge on any atom is -0.380 e. The second-order valence-electron chi connectivity index (χ2n) is 5.70. The molecule has 0 heterocycles. The molecular formula is C16H27NO2. The van der Waals surface area contributed by atoms with Gasteiger partial charge < -0.3 is 14.8 Å². The third-order valence-electron chi connectivity index (χ3n) is 3.31. The van der Waals surface area contributed by atoms with Crippen LogP contribution in [0.2, 0.25) is 0 Å². The Balaban J connectivity index is 2.45. The molecule has 1 N–H and O–H groups in total. The van der Waals surface area contributed by atoms with Crippen molar-refractivity contribution in [1.29, 1.82) is 0 Å². The summed E-state index contributed by atoms with van der Waals surface area (Å²) in [4.78, 5) is 0. The Morgan fingerprint density at radius 1 is 1.21 bits per heavy atom. The topological polar surface area (TPSA) is 30.5 Å². The zero-order chi connectivity index (χ0) is 14.3. The van der Waals surface area contributed by atoms with Crippen LogP contribution in [0.3, 0.4) is 0 Å². The maximum Gasteiger partial charge on any atom is 0.0713 e. The molecule has 0 spiro atoms. The number of rotatable bonds is 8. The molecule has 0 amide bonds. The van der Waals surface area contributed by atoms with Gasteiger partial charge in [-0.15, -0.1) is 0 Å². The van der Waals surface area contributed by atoms with Crippen LogP contribution in [0.4, 0.5) is 0 Å². The number of hydrogen-bond acceptors (Lipinski definition) is 3. The molecule has 0 fully saturated rings. The molecule has 1 aromatic rings. The van der Waals surface area contributed by atoms with E-state index in [1.807, 2.05) is 0 Å². The summed E-state index contributed by atoms with van der Waals surface area (Å²) >= 11 is 0. The van der Waals surface area contributed by atoms with Gasteiger partial charge in [-0.1, -0.05) is 24.3 Å². The Morgan fingerprint density at radius 3 is 2.53 bits per heavy atom. The normalized spacial score (nSPS) is 13.5. The fourth-order valence-corrected chi connectivity index (χ4v) is 2.18. The molecule has 0 saturated carbocycles. The standard InChI is InChI=1S/C16H27NO2/c1-13(10-16(2,3)19-5)17-11-14-7-6-8-15(9-14)12-18-4/h6-9,13,17H,10-12H2,1-5H3. The van der Waals surface area contributed by atoms with Gasteiger partial charge in [0.1, 0.15) is 0 Å². The molecule has 1 rings (SSSR count). The van der Waals surface area contributed by atoms with E-state index in [1.54, 1.807) is 14.2 Å². The Labute approximate surface area is 117 Å². The van der Waals surface area contributed by atoms with Gasteiger partial charge >= 0.3 is 0 Å². The highest BCUT2D eigenvalue weighted by molar-refractivity contribution is 5.22. The van der Waals surface area contributed by atoms with Crippen LogP contribution >= 0.6 is 0 Å². The van der Waals surface area contributed by atoms with Gasteiger partial charge in [0, 0.05) is 26.8 Å². The predicted molar refractivity (Wildman–Crippen MR) is 79.2 cm³/mol. The molecule has 1 aromatic carbocycles. The van der Waals surface area contributed by atoms with Crippen molar-refractivity contribution in [3.8, 4) is 0 Å². The molecule has 0 aliphatic carbocycles. The molecule has 19 heavy (non-hydrogen) atoms. The highest BCUT2D eigenvalue weighted by Crippen LogP contribution is 2.15. The zero-order valence-electron chi connectivity index (χ0n) is 12.8. The van der Waals surface area contributed by atoms with Gasteiger partial charge in [0.15, 0.2) is 0 Å². The van der Waals surface area contributed by atoms with E-state index in [0.717, 1.165) is 13.0 Å². The van der Waals surface area contributed by atoms with E-state index in [9.17, 15) is 0 Å². The summed E-state index contributed by atoms with van der Waals surface area (Å²) in [5.74, 6) is 0. The fraction of sp³-hybridized carbons (Fsp3) is 0.625. The van der Waals surface area contributed by atoms with Gasteiger partial charge in [0.05, 0.1) is 12.2 Å². The fourth-order valence-electron chi connectivity index (χ4n) is 2.18. The molecular weight excluding hydrogens is 238 g/mol. The van der Waals surface area contributed by atoms with Crippen LogP contribution in [0, 0.1) is 0 Å². The van der Waals surface area contributed by atoms with E-state index < -0.39 is 0 Å². The Kier molecular flexibility index (Phi) is 6.49. The second-order valence-corrected chi connectivity index (χ2v) is 5.70. The Bertz CT molecular complexity index is 377. The number of ether oxygens (including phenoxy) is 2. The van der Waals surface area contributed by atoms with Gasteiger partial charge in [0.25, 0.3) is 0 Å². The van der Waals surface area contributed by atoms with Crippen LogP contribution in [0.5, 0.6) is 0 Å². The van der Waals surface area contributed by atoms with Crippen molar-refractivity contribution in [2.45, 2.75) is 52.0 Å². The lowest BCUT2D eigenvalue weighted by Crippen LogP contribution is -2.35. The maximum absolute atomic E-state index is 5.45. The maximum atomic E-state index is 5.45. The lowest BCUT2D eigenvalue weighted by Gasteiger charge is -2.27. The van der Waals surface area contributed by atoms with Gasteiger partial charge in [-0.2, -0.15) is 0 Å². The van der Waals surface area contributed by atoms with Crippen LogP contribution in [0.1, 0.15) is 38.3 Å². The van der Waals surface area contributed by atoms with Gasteiger partial charge in [-0.05, 0) is 38.3 Å². The zero-order valence-corrected chi connectivity index (χ0v) is 12.8. The number of benzene rings is 1. The number of nitrogens with one attached hydrogen (secondary N) is 1. The first-order valence-electron chi connectivity index (χ1n) is 6.82. The molecule has 0 bridgehead atoms. The highest BCUT2D eigenvalue weighted by atomic mass is 16.5. The average Bonchev–Trinajstić information content (AvgIpc) is 2.37. The summed E-state index contributed by atoms with van der Waals surface area (Å²) in [5, 5.41) is 3.54. The van der Waals surface area contributed by atoms with Crippen LogP contribution in [0.15, 0.2) is 24.3 Å². The van der Waals surface area contributed by atoms with E-state index in [1.165, 1.54) is 11.1 Å². The van der Waals surface area contributed by atoms with Crippen molar-refractivity contribution in [3.05, 3.63) is 35.4 Å². The molecule has 3 nitrogen and oxygen atoms in total. The minimum absolute atomic E-state index is 0.0791. The molecule has 0 radical (unpaired) electrons. The van der Waals surface area contributed by atoms with Crippen LogP contribution in [0.25, 0.3) is 0 Å². The third-order valence-corrected chi connectivity index (χ3v) is 3.31. The average molecular weight is 265 g/mol. The first-order chi connectivity index (χ1) is 8.96. The largest absolute Gasteiger partial charge is 0.380 e. The molecule has 0 saturated heterocycles. The quantitative estimate of drug-likeness (QED) is 0.783. The van der Waals surface area contributed by atoms with E-state index in [2.05, 4.69) is 50.4 Å². The van der Waals surface area contributed by atoms with Crippen molar-refractivity contribution in [2.75, 3.05) is 14.2 Å². The monoisotopic (exact) mass is 265 g/mol. The Hall–Kier alpha value is -0.900. The van der Waals surface area contributed by atoms with E-state index in [0.29, 0.717) is 12.6 Å². The highest BCUT2D eigenvalue weighted by Gasteiger charge is 2.19. The molecule has 108 valence electrons. The lowest BCUT2D eigenvalue weighted by atomic mass is 9.99. The summed E-state index contributed by atoms with van der Waals surface area (Å²) in [5.41, 5.74) is 2.42. The van der Waals surface area contributed by atoms with Crippen molar-refractivity contribution in [2.24, 2.45) is 0 Å². The molecule has 3 heteroatoms. The van der Waals surface area contributed by atoms with Gasteiger partial charge in [-0.3, -0.25) is 0 Å². The van der Waals surface area contributed by atoms with E-state index >= 15 is 0 Å². The van der Waals surface area contributed by atoms with Gasteiger partial charge in [0.2, 0.25) is 0 Å². The third kappa shape index (κ3) is 6.19. The first kappa shape index (κ1) is 16.2. The number of hydrogen-bond donors (Lipinski definition) is 1. The molecule has 0 aliphatic heterocycles. The summed E-state index contributed by atoms with van der Waals surface area (Å²) in [6.07, 6.45) is 0.987. The lowest BCUT2D eigenvalue weighted by molar-refractivity contribution is 0.00844. The summed E-state index contributed by atoms with van der Waals surface area (Å²) < 4.78 is 10.6. The van der Waals surface area contributed by atoms with Crippen molar-refractivity contribution < 1.29 is 9.47 Å². The van der Waals surface area contributed by atoms with Crippen molar-refractivity contribution in [1.82, 2.24) is 5.32 Å². The van der Waals surface area contributed by atoms with Crippen LogP contribution in [-0.2, 0) is 22.6 Å². The summed E-state index contributed by atoms with van der Waals surface area (Å²) in [6.45, 7) is 7.97. The van der Waals surface area contributed by atoms with Crippen LogP contribution < -0.4 is 5.32 Å². The smallest absolute Gasteiger partial charge is 0.0713 e.